The number of pyridine rings is 1. The lowest BCUT2D eigenvalue weighted by atomic mass is 10.1. The van der Waals surface area contributed by atoms with Crippen LogP contribution in [0.15, 0.2) is 36.4 Å². The fourth-order valence-electron chi connectivity index (χ4n) is 3.23. The Kier molecular flexibility index (Phi) is 6.76. The number of para-hydroxylation sites is 2. The average Bonchev–Trinajstić information content (AvgIpc) is 3.01. The Bertz CT molecular complexity index is 876. The van der Waals surface area contributed by atoms with Crippen molar-refractivity contribution < 1.29 is 9.58 Å². The normalized spacial score (nSPS) is 11.3. The number of unbranched alkanes of at least 4 members (excludes halogenated alkanes) is 5. The van der Waals surface area contributed by atoms with E-state index in [9.17, 15) is 5.21 Å². The third-order valence-electron chi connectivity index (χ3n) is 4.72. The summed E-state index contributed by atoms with van der Waals surface area (Å²) in [5.74, 6) is 0. The molecule has 3 rings (SSSR count). The smallest absolute Gasteiger partial charge is 0.205 e. The maximum atomic E-state index is 12.0. The van der Waals surface area contributed by atoms with E-state index in [-0.39, 0.29) is 0 Å². The molecule has 0 N–H and O–H groups in total. The zero-order valence-electron chi connectivity index (χ0n) is 16.2. The van der Waals surface area contributed by atoms with Crippen LogP contribution < -0.4 is 4.85 Å². The zero-order valence-corrected chi connectivity index (χ0v) is 16.2. The second-order valence-corrected chi connectivity index (χ2v) is 6.89. The van der Waals surface area contributed by atoms with Gasteiger partial charge in [0, 0.05) is 6.61 Å². The summed E-state index contributed by atoms with van der Waals surface area (Å²) in [4.78, 5) is 5.27. The number of fused-ring (bicyclic) bond motifs is 1. The first kappa shape index (κ1) is 19.3. The summed E-state index contributed by atoms with van der Waals surface area (Å²) in [7, 11) is 0. The molecule has 0 bridgehead atoms. The van der Waals surface area contributed by atoms with Crippen LogP contribution in [0.5, 0.6) is 0 Å². The number of hydrogen-bond donors (Lipinski definition) is 0. The Morgan fingerprint density at radius 1 is 1.04 bits per heavy atom. The molecule has 1 aromatic carbocycles. The minimum atomic E-state index is 0.511. The first-order chi connectivity index (χ1) is 13.2. The number of aromatic nitrogens is 4. The summed E-state index contributed by atoms with van der Waals surface area (Å²) in [6.07, 6.45) is 7.55. The maximum absolute atomic E-state index is 12.0. The molecular formula is C21H28N4O2. The molecule has 0 aliphatic rings. The molecule has 27 heavy (non-hydrogen) atoms. The SMILES string of the molecule is CCCCCCCCOCc1ccc(-n2n[n+]([O-])c3ccccc32)c(C)n1. The van der Waals surface area contributed by atoms with Gasteiger partial charge in [-0.05, 0) is 37.6 Å². The van der Waals surface area contributed by atoms with Crippen LogP contribution >= 0.6 is 0 Å². The van der Waals surface area contributed by atoms with Crippen LogP contribution in [0, 0.1) is 12.1 Å². The van der Waals surface area contributed by atoms with Gasteiger partial charge in [0.15, 0.2) is 5.69 Å². The predicted molar refractivity (Wildman–Crippen MR) is 106 cm³/mol. The van der Waals surface area contributed by atoms with E-state index in [4.69, 9.17) is 4.74 Å². The van der Waals surface area contributed by atoms with Gasteiger partial charge in [-0.25, -0.2) is 0 Å². The van der Waals surface area contributed by atoms with Gasteiger partial charge in [-0.3, -0.25) is 4.98 Å². The minimum absolute atomic E-state index is 0.511. The third kappa shape index (κ3) is 4.83. The van der Waals surface area contributed by atoms with Gasteiger partial charge in [-0.2, -0.15) is 0 Å². The van der Waals surface area contributed by atoms with Crippen LogP contribution in [0.3, 0.4) is 0 Å². The van der Waals surface area contributed by atoms with Gasteiger partial charge in [0.25, 0.3) is 0 Å². The largest absolute Gasteiger partial charge is 0.691 e. The monoisotopic (exact) mass is 368 g/mol. The van der Waals surface area contributed by atoms with Crippen molar-refractivity contribution in [2.75, 3.05) is 6.61 Å². The summed E-state index contributed by atoms with van der Waals surface area (Å²) in [6, 6.07) is 11.3. The molecule has 2 heterocycles. The van der Waals surface area contributed by atoms with Gasteiger partial charge in [0.1, 0.15) is 5.21 Å². The van der Waals surface area contributed by atoms with Crippen molar-refractivity contribution in [3.05, 3.63) is 53.0 Å². The van der Waals surface area contributed by atoms with E-state index in [0.717, 1.165) is 35.6 Å². The topological polar surface area (TPSA) is 66.9 Å². The Balaban J connectivity index is 1.58. The summed E-state index contributed by atoms with van der Waals surface area (Å²) >= 11 is 0. The van der Waals surface area contributed by atoms with Crippen molar-refractivity contribution in [3.8, 4) is 5.69 Å². The summed E-state index contributed by atoms with van der Waals surface area (Å²) in [5.41, 5.74) is 3.84. The van der Waals surface area contributed by atoms with Crippen LogP contribution in [-0.2, 0) is 11.3 Å². The number of benzene rings is 1. The van der Waals surface area contributed by atoms with Crippen molar-refractivity contribution in [2.45, 2.75) is 59.0 Å². The molecule has 0 aliphatic carbocycles. The van der Waals surface area contributed by atoms with Crippen molar-refractivity contribution in [3.63, 3.8) is 0 Å². The molecule has 0 saturated carbocycles. The summed E-state index contributed by atoms with van der Waals surface area (Å²) in [5, 5.41) is 16.1. The van der Waals surface area contributed by atoms with Crippen LogP contribution in [-0.4, -0.2) is 21.5 Å². The molecule has 0 spiro atoms. The van der Waals surface area contributed by atoms with E-state index in [1.807, 2.05) is 37.3 Å². The van der Waals surface area contributed by atoms with Gasteiger partial charge < -0.3 is 9.94 Å². The minimum Gasteiger partial charge on any atom is -0.691 e. The molecule has 0 unspecified atom stereocenters. The van der Waals surface area contributed by atoms with Crippen LogP contribution in [0.4, 0.5) is 0 Å². The third-order valence-corrected chi connectivity index (χ3v) is 4.72. The Morgan fingerprint density at radius 2 is 1.81 bits per heavy atom. The van der Waals surface area contributed by atoms with E-state index in [0.29, 0.717) is 17.0 Å². The van der Waals surface area contributed by atoms with Gasteiger partial charge in [-0.15, -0.1) is 4.85 Å². The highest BCUT2D eigenvalue weighted by molar-refractivity contribution is 5.73. The van der Waals surface area contributed by atoms with Crippen molar-refractivity contribution in [1.82, 2.24) is 14.9 Å². The Hall–Kier alpha value is -2.47. The van der Waals surface area contributed by atoms with Gasteiger partial charge in [0.05, 0.1) is 18.0 Å². The van der Waals surface area contributed by atoms with E-state index in [1.165, 1.54) is 32.1 Å². The fourth-order valence-corrected chi connectivity index (χ4v) is 3.23. The lowest BCUT2D eigenvalue weighted by molar-refractivity contribution is -0.645. The molecule has 6 heteroatoms. The second kappa shape index (κ2) is 9.46. The quantitative estimate of drug-likeness (QED) is 0.305. The molecule has 2 aromatic heterocycles. The number of rotatable bonds is 10. The molecule has 0 atom stereocenters. The standard InChI is InChI=1S/C21H28N4O2/c1-3-4-5-6-7-10-15-27-16-18-13-14-19(17(2)22-18)24-20-11-8-9-12-21(20)25(26)23-24/h8-9,11-14H,3-7,10,15-16H2,1-2H3. The van der Waals surface area contributed by atoms with Gasteiger partial charge >= 0.3 is 0 Å². The Morgan fingerprint density at radius 3 is 2.63 bits per heavy atom. The van der Waals surface area contributed by atoms with Crippen molar-refractivity contribution in [1.29, 1.82) is 0 Å². The van der Waals surface area contributed by atoms with E-state index >= 15 is 0 Å². The second-order valence-electron chi connectivity index (χ2n) is 6.89. The van der Waals surface area contributed by atoms with Crippen molar-refractivity contribution in [2.24, 2.45) is 0 Å². The van der Waals surface area contributed by atoms with E-state index in [2.05, 4.69) is 17.1 Å². The molecule has 3 aromatic rings. The number of ether oxygens (including phenoxy) is 1. The van der Waals surface area contributed by atoms with E-state index < -0.39 is 0 Å². The molecule has 0 fully saturated rings. The van der Waals surface area contributed by atoms with Crippen LogP contribution in [0.25, 0.3) is 16.7 Å². The lowest BCUT2D eigenvalue weighted by Gasteiger charge is -2.06. The molecule has 0 aliphatic heterocycles. The molecule has 0 amide bonds. The predicted octanol–water partition coefficient (Wildman–Crippen LogP) is 4.24. The molecule has 144 valence electrons. The van der Waals surface area contributed by atoms with Gasteiger partial charge in [-0.1, -0.05) is 55.8 Å². The summed E-state index contributed by atoms with van der Waals surface area (Å²) < 4.78 is 7.41. The number of hydrogen-bond acceptors (Lipinski definition) is 4. The zero-order chi connectivity index (χ0) is 19.1. The first-order valence-electron chi connectivity index (χ1n) is 9.83. The van der Waals surface area contributed by atoms with E-state index in [1.54, 1.807) is 10.7 Å². The Labute approximate surface area is 160 Å². The maximum Gasteiger partial charge on any atom is 0.205 e. The molecule has 0 saturated heterocycles. The van der Waals surface area contributed by atoms with Crippen LogP contribution in [0.1, 0.15) is 56.8 Å². The highest BCUT2D eigenvalue weighted by Gasteiger charge is 2.18. The van der Waals surface area contributed by atoms with Crippen LogP contribution in [0.2, 0.25) is 0 Å². The molecular weight excluding hydrogens is 340 g/mol. The fraction of sp³-hybridized carbons (Fsp3) is 0.476. The highest BCUT2D eigenvalue weighted by atomic mass is 16.5. The number of nitrogens with zero attached hydrogens (tertiary/aromatic N) is 4. The first-order valence-corrected chi connectivity index (χ1v) is 9.83. The molecule has 6 nitrogen and oxygen atoms in total. The number of aryl methyl sites for hydroxylation is 1. The van der Waals surface area contributed by atoms with Gasteiger partial charge in [0.2, 0.25) is 11.0 Å². The highest BCUT2D eigenvalue weighted by Crippen LogP contribution is 2.18. The lowest BCUT2D eigenvalue weighted by Crippen LogP contribution is -2.29. The molecule has 0 radical (unpaired) electrons. The van der Waals surface area contributed by atoms with Crippen molar-refractivity contribution >= 4 is 11.0 Å². The summed E-state index contributed by atoms with van der Waals surface area (Å²) in [6.45, 7) is 5.45. The average molecular weight is 368 g/mol.